The second-order valence-corrected chi connectivity index (χ2v) is 8.71. The third kappa shape index (κ3) is 5.21. The first-order valence-corrected chi connectivity index (χ1v) is 10.2. The van der Waals surface area contributed by atoms with Crippen molar-refractivity contribution in [3.05, 3.63) is 0 Å². The summed E-state index contributed by atoms with van der Waals surface area (Å²) >= 11 is 0. The molecule has 1 saturated heterocycles. The van der Waals surface area contributed by atoms with Gasteiger partial charge in [0.1, 0.15) is 0 Å². The highest BCUT2D eigenvalue weighted by Crippen LogP contribution is 2.23. The van der Waals surface area contributed by atoms with Gasteiger partial charge in [-0.3, -0.25) is 9.69 Å². The Balaban J connectivity index is 1.79. The first-order valence-electron chi connectivity index (χ1n) is 8.33. The standard InChI is InChI=1S/C15H29N3O3S/c1-13-6-3-4-7-14(13)16-15(19)12-17-8-5-9-18(11-10-17)22(2,20)21/h13-14H,3-12H2,1-2H3,(H,16,19)/t13-,14+/m1/s1. The van der Waals surface area contributed by atoms with E-state index in [1.807, 2.05) is 0 Å². The molecule has 2 atom stereocenters. The predicted octanol–water partition coefficient (Wildman–Crippen LogP) is 0.649. The molecule has 22 heavy (non-hydrogen) atoms. The maximum atomic E-state index is 12.2. The molecule has 0 radical (unpaired) electrons. The number of nitrogens with zero attached hydrogens (tertiary/aromatic N) is 2. The van der Waals surface area contributed by atoms with Gasteiger partial charge in [0.25, 0.3) is 0 Å². The van der Waals surface area contributed by atoms with E-state index in [0.29, 0.717) is 38.1 Å². The molecule has 0 spiro atoms. The molecule has 1 saturated carbocycles. The van der Waals surface area contributed by atoms with E-state index in [9.17, 15) is 13.2 Å². The monoisotopic (exact) mass is 331 g/mol. The van der Waals surface area contributed by atoms with Gasteiger partial charge in [0.05, 0.1) is 12.8 Å². The Hall–Kier alpha value is -0.660. The van der Waals surface area contributed by atoms with Crippen molar-refractivity contribution in [1.29, 1.82) is 0 Å². The molecule has 6 nitrogen and oxygen atoms in total. The van der Waals surface area contributed by atoms with E-state index in [0.717, 1.165) is 19.4 Å². The molecule has 2 aliphatic rings. The van der Waals surface area contributed by atoms with Crippen molar-refractivity contribution in [2.45, 2.75) is 45.1 Å². The van der Waals surface area contributed by atoms with Crippen molar-refractivity contribution in [3.8, 4) is 0 Å². The van der Waals surface area contributed by atoms with E-state index in [1.165, 1.54) is 29.8 Å². The fourth-order valence-corrected chi connectivity index (χ4v) is 4.30. The lowest BCUT2D eigenvalue weighted by Crippen LogP contribution is -2.46. The minimum Gasteiger partial charge on any atom is -0.352 e. The van der Waals surface area contributed by atoms with Gasteiger partial charge in [-0.1, -0.05) is 19.8 Å². The zero-order valence-corrected chi connectivity index (χ0v) is 14.6. The van der Waals surface area contributed by atoms with Gasteiger partial charge in [-0.05, 0) is 31.7 Å². The van der Waals surface area contributed by atoms with Crippen LogP contribution in [0.25, 0.3) is 0 Å². The van der Waals surface area contributed by atoms with Crippen molar-refractivity contribution in [2.75, 3.05) is 39.0 Å². The highest BCUT2D eigenvalue weighted by Gasteiger charge is 2.25. The molecule has 0 unspecified atom stereocenters. The number of carbonyl (C=O) groups excluding carboxylic acids is 1. The smallest absolute Gasteiger partial charge is 0.234 e. The Morgan fingerprint density at radius 3 is 2.50 bits per heavy atom. The molecule has 0 aromatic rings. The number of carbonyl (C=O) groups is 1. The number of hydrogen-bond donors (Lipinski definition) is 1. The number of amides is 1. The molecule has 2 fully saturated rings. The molecule has 7 heteroatoms. The van der Waals surface area contributed by atoms with E-state index in [-0.39, 0.29) is 5.91 Å². The van der Waals surface area contributed by atoms with Crippen molar-refractivity contribution in [2.24, 2.45) is 5.92 Å². The van der Waals surface area contributed by atoms with Gasteiger partial charge >= 0.3 is 0 Å². The summed E-state index contributed by atoms with van der Waals surface area (Å²) in [6.07, 6.45) is 6.76. The van der Waals surface area contributed by atoms with Gasteiger partial charge in [0, 0.05) is 25.7 Å². The first-order chi connectivity index (χ1) is 10.4. The predicted molar refractivity (Wildman–Crippen MR) is 87.0 cm³/mol. The Morgan fingerprint density at radius 1 is 1.09 bits per heavy atom. The average molecular weight is 331 g/mol. The quantitative estimate of drug-likeness (QED) is 0.821. The van der Waals surface area contributed by atoms with E-state index >= 15 is 0 Å². The summed E-state index contributed by atoms with van der Waals surface area (Å²) in [7, 11) is -3.12. The maximum absolute atomic E-state index is 12.2. The lowest BCUT2D eigenvalue weighted by atomic mass is 9.86. The highest BCUT2D eigenvalue weighted by molar-refractivity contribution is 7.88. The Bertz CT molecular complexity index is 480. The SMILES string of the molecule is C[C@@H]1CCCC[C@@H]1NC(=O)CN1CCCN(S(C)(=O)=O)CC1. The van der Waals surface area contributed by atoms with Gasteiger partial charge in [0.15, 0.2) is 0 Å². The fourth-order valence-electron chi connectivity index (χ4n) is 3.42. The molecule has 1 N–H and O–H groups in total. The van der Waals surface area contributed by atoms with Crippen LogP contribution in [-0.4, -0.2) is 68.6 Å². The number of hydrogen-bond acceptors (Lipinski definition) is 4. The summed E-state index contributed by atoms with van der Waals surface area (Å²) in [6, 6.07) is 0.306. The summed E-state index contributed by atoms with van der Waals surface area (Å²) in [5.74, 6) is 0.633. The van der Waals surface area contributed by atoms with Gasteiger partial charge in [0.2, 0.25) is 15.9 Å². The van der Waals surface area contributed by atoms with Gasteiger partial charge in [-0.2, -0.15) is 0 Å². The zero-order valence-electron chi connectivity index (χ0n) is 13.8. The van der Waals surface area contributed by atoms with Crippen molar-refractivity contribution in [3.63, 3.8) is 0 Å². The summed E-state index contributed by atoms with van der Waals surface area (Å²) in [5, 5.41) is 3.17. The molecule has 0 aromatic carbocycles. The molecule has 0 aromatic heterocycles. The van der Waals surface area contributed by atoms with Gasteiger partial charge < -0.3 is 5.32 Å². The second-order valence-electron chi connectivity index (χ2n) is 6.73. The number of sulfonamides is 1. The van der Waals surface area contributed by atoms with Crippen LogP contribution in [0.2, 0.25) is 0 Å². The highest BCUT2D eigenvalue weighted by atomic mass is 32.2. The van der Waals surface area contributed by atoms with E-state index < -0.39 is 10.0 Å². The molecule has 1 heterocycles. The largest absolute Gasteiger partial charge is 0.352 e. The average Bonchev–Trinajstić information content (AvgIpc) is 2.66. The summed E-state index contributed by atoms with van der Waals surface area (Å²) < 4.78 is 24.7. The Morgan fingerprint density at radius 2 is 1.82 bits per heavy atom. The Labute approximate surface area is 134 Å². The van der Waals surface area contributed by atoms with Crippen LogP contribution >= 0.6 is 0 Å². The van der Waals surface area contributed by atoms with Crippen LogP contribution in [-0.2, 0) is 14.8 Å². The second kappa shape index (κ2) is 7.75. The van der Waals surface area contributed by atoms with Crippen LogP contribution in [0, 0.1) is 5.92 Å². The minimum absolute atomic E-state index is 0.0755. The van der Waals surface area contributed by atoms with Gasteiger partial charge in [-0.15, -0.1) is 0 Å². The molecular weight excluding hydrogens is 302 g/mol. The molecule has 1 aliphatic carbocycles. The topological polar surface area (TPSA) is 69.7 Å². The minimum atomic E-state index is -3.12. The van der Waals surface area contributed by atoms with Crippen LogP contribution in [0.4, 0.5) is 0 Å². The summed E-state index contributed by atoms with van der Waals surface area (Å²) in [5.41, 5.74) is 0. The number of rotatable bonds is 4. The van der Waals surface area contributed by atoms with E-state index in [4.69, 9.17) is 0 Å². The fraction of sp³-hybridized carbons (Fsp3) is 0.933. The number of nitrogens with one attached hydrogen (secondary N) is 1. The molecule has 1 amide bonds. The van der Waals surface area contributed by atoms with Crippen LogP contribution in [0.1, 0.15) is 39.0 Å². The third-order valence-electron chi connectivity index (χ3n) is 4.84. The normalized spacial score (nSPS) is 29.0. The van der Waals surface area contributed by atoms with Gasteiger partial charge in [-0.25, -0.2) is 12.7 Å². The molecule has 0 bridgehead atoms. The summed E-state index contributed by atoms with van der Waals surface area (Å²) in [6.45, 7) is 5.02. The van der Waals surface area contributed by atoms with E-state index in [2.05, 4.69) is 17.1 Å². The van der Waals surface area contributed by atoms with Crippen molar-refractivity contribution < 1.29 is 13.2 Å². The maximum Gasteiger partial charge on any atom is 0.234 e. The van der Waals surface area contributed by atoms with Crippen LogP contribution in [0.5, 0.6) is 0 Å². The van der Waals surface area contributed by atoms with Crippen molar-refractivity contribution in [1.82, 2.24) is 14.5 Å². The van der Waals surface area contributed by atoms with Crippen molar-refractivity contribution >= 4 is 15.9 Å². The van der Waals surface area contributed by atoms with Crippen LogP contribution < -0.4 is 5.32 Å². The Kier molecular flexibility index (Phi) is 6.23. The third-order valence-corrected chi connectivity index (χ3v) is 6.14. The lowest BCUT2D eigenvalue weighted by Gasteiger charge is -2.30. The molecule has 1 aliphatic heterocycles. The first kappa shape index (κ1) is 17.7. The lowest BCUT2D eigenvalue weighted by molar-refractivity contribution is -0.123. The molecule has 2 rings (SSSR count). The summed E-state index contributed by atoms with van der Waals surface area (Å²) in [4.78, 5) is 14.3. The molecule has 128 valence electrons. The van der Waals surface area contributed by atoms with E-state index in [1.54, 1.807) is 0 Å². The molecular formula is C15H29N3O3S. The van der Waals surface area contributed by atoms with Crippen LogP contribution in [0.3, 0.4) is 0 Å². The van der Waals surface area contributed by atoms with Crippen LogP contribution in [0.15, 0.2) is 0 Å². The zero-order chi connectivity index (χ0) is 16.2.